The van der Waals surface area contributed by atoms with Crippen molar-refractivity contribution in [2.75, 3.05) is 46.4 Å². The molecule has 0 atom stereocenters. The Morgan fingerprint density at radius 3 is 1.89 bits per heavy atom. The number of nitrogens with zero attached hydrogens (tertiary/aromatic N) is 3. The summed E-state index contributed by atoms with van der Waals surface area (Å²) in [7, 11) is 2.05. The summed E-state index contributed by atoms with van der Waals surface area (Å²) < 4.78 is 68.9. The van der Waals surface area contributed by atoms with Crippen molar-refractivity contribution >= 4 is 17.8 Å². The maximum atomic E-state index is 12.9. The average Bonchev–Trinajstić information content (AvgIpc) is 3.28. The van der Waals surface area contributed by atoms with Crippen LogP contribution in [0, 0.1) is 0 Å². The van der Waals surface area contributed by atoms with Crippen molar-refractivity contribution in [1.29, 1.82) is 0 Å². The number of furan rings is 1. The third-order valence-electron chi connectivity index (χ3n) is 5.62. The van der Waals surface area contributed by atoms with Crippen molar-refractivity contribution in [2.45, 2.75) is 37.3 Å². The van der Waals surface area contributed by atoms with Gasteiger partial charge in [0.2, 0.25) is 5.91 Å². The lowest BCUT2D eigenvalue weighted by atomic mass is 9.82. The molecule has 0 aromatic carbocycles. The zero-order valence-electron chi connectivity index (χ0n) is 19.2. The van der Waals surface area contributed by atoms with Crippen LogP contribution in [-0.2, 0) is 20.9 Å². The Bertz CT molecular complexity index is 829. The van der Waals surface area contributed by atoms with Crippen LogP contribution >= 0.6 is 0 Å². The minimum Gasteiger partial charge on any atom is -0.475 e. The molecule has 0 unspecified atom stereocenters. The van der Waals surface area contributed by atoms with Crippen LogP contribution in [0.4, 0.5) is 26.3 Å². The molecule has 2 saturated heterocycles. The number of halogens is 6. The second kappa shape index (κ2) is 12.9. The summed E-state index contributed by atoms with van der Waals surface area (Å²) in [6.45, 7) is 4.67. The second-order valence-corrected chi connectivity index (χ2v) is 7.93. The van der Waals surface area contributed by atoms with Crippen molar-refractivity contribution in [3.63, 3.8) is 0 Å². The Labute approximate surface area is 201 Å². The number of hydrogen-bond donors (Lipinski definition) is 3. The number of aliphatic hydroxyl groups is 1. The van der Waals surface area contributed by atoms with Crippen molar-refractivity contribution in [2.24, 2.45) is 0 Å². The third kappa shape index (κ3) is 8.98. The van der Waals surface area contributed by atoms with E-state index in [9.17, 15) is 31.1 Å². The number of likely N-dealkylation sites (N-methyl/N-ethyl adjacent to an activating group) is 1. The van der Waals surface area contributed by atoms with Crippen molar-refractivity contribution in [3.05, 3.63) is 24.2 Å². The molecule has 2 aliphatic rings. The first-order valence-electron chi connectivity index (χ1n) is 10.5. The van der Waals surface area contributed by atoms with Gasteiger partial charge in [0, 0.05) is 32.7 Å². The van der Waals surface area contributed by atoms with Gasteiger partial charge >= 0.3 is 24.3 Å². The number of carbonyl (C=O) groups excluding carboxylic acids is 1. The molecule has 1 spiro atoms. The summed E-state index contributed by atoms with van der Waals surface area (Å²) in [4.78, 5) is 37.0. The van der Waals surface area contributed by atoms with E-state index < -0.39 is 24.3 Å². The Balaban J connectivity index is 0.000000383. The number of aliphatic hydroxyl groups excluding tert-OH is 1. The van der Waals surface area contributed by atoms with Crippen LogP contribution in [0.15, 0.2) is 22.8 Å². The Morgan fingerprint density at radius 2 is 1.50 bits per heavy atom. The van der Waals surface area contributed by atoms with Crippen LogP contribution in [0.2, 0.25) is 0 Å². The number of carboxylic acid groups (broad SMARTS) is 2. The zero-order chi connectivity index (χ0) is 27.7. The van der Waals surface area contributed by atoms with Gasteiger partial charge in [-0.3, -0.25) is 14.6 Å². The third-order valence-corrected chi connectivity index (χ3v) is 5.62. The molecule has 0 radical (unpaired) electrons. The highest BCUT2D eigenvalue weighted by Crippen LogP contribution is 2.33. The predicted octanol–water partition coefficient (Wildman–Crippen LogP) is 1.65. The molecule has 3 heterocycles. The molecule has 0 aliphatic carbocycles. The minimum absolute atomic E-state index is 0.0379. The van der Waals surface area contributed by atoms with E-state index in [0.29, 0.717) is 13.1 Å². The maximum absolute atomic E-state index is 12.9. The fourth-order valence-electron chi connectivity index (χ4n) is 3.68. The number of amides is 1. The number of carbonyl (C=O) groups is 3. The number of rotatable bonds is 4. The van der Waals surface area contributed by atoms with Crippen LogP contribution in [0.25, 0.3) is 0 Å². The van der Waals surface area contributed by atoms with E-state index in [4.69, 9.17) is 29.3 Å². The van der Waals surface area contributed by atoms with E-state index in [0.717, 1.165) is 44.8 Å². The quantitative estimate of drug-likeness (QED) is 0.492. The van der Waals surface area contributed by atoms with E-state index in [1.807, 2.05) is 17.0 Å². The van der Waals surface area contributed by atoms with Crippen molar-refractivity contribution in [1.82, 2.24) is 14.7 Å². The first kappa shape index (κ1) is 31.2. The molecule has 2 aliphatic heterocycles. The first-order valence-corrected chi connectivity index (χ1v) is 10.5. The standard InChI is InChI=1S/C16H25N3O3.2C2HF3O2/c1-17-8-9-19(10-11-20)15(21)16(17)4-6-18(7-5-16)13-14-3-2-12-22-14;2*3-2(4,5)1(6)7/h2-3,12,20H,4-11,13H2,1H3;2*(H,6,7). The Hall–Kier alpha value is -2.85. The topological polar surface area (TPSA) is 135 Å². The van der Waals surface area contributed by atoms with Crippen LogP contribution < -0.4 is 0 Å². The van der Waals surface area contributed by atoms with Crippen LogP contribution in [0.5, 0.6) is 0 Å². The molecule has 0 saturated carbocycles. The largest absolute Gasteiger partial charge is 0.490 e. The lowest BCUT2D eigenvalue weighted by Crippen LogP contribution is -2.67. The number of likely N-dealkylation sites (tertiary alicyclic amines) is 1. The fourth-order valence-corrected chi connectivity index (χ4v) is 3.68. The normalized spacial score (nSPS) is 18.7. The molecular formula is C20H27F6N3O7. The Morgan fingerprint density at radius 1 is 1.00 bits per heavy atom. The number of alkyl halides is 6. The highest BCUT2D eigenvalue weighted by molar-refractivity contribution is 5.87. The van der Waals surface area contributed by atoms with Gasteiger partial charge in [0.1, 0.15) is 11.3 Å². The maximum Gasteiger partial charge on any atom is 0.490 e. The molecule has 1 aromatic heterocycles. The van der Waals surface area contributed by atoms with E-state index >= 15 is 0 Å². The summed E-state index contributed by atoms with van der Waals surface area (Å²) in [6, 6.07) is 3.90. The van der Waals surface area contributed by atoms with E-state index in [-0.39, 0.29) is 18.1 Å². The van der Waals surface area contributed by atoms with Crippen LogP contribution in [0.1, 0.15) is 18.6 Å². The van der Waals surface area contributed by atoms with Gasteiger partial charge in [-0.2, -0.15) is 26.3 Å². The van der Waals surface area contributed by atoms with Gasteiger partial charge in [-0.05, 0) is 32.0 Å². The molecule has 1 aromatic rings. The molecule has 3 rings (SSSR count). The van der Waals surface area contributed by atoms with Crippen molar-refractivity contribution < 1.29 is 60.5 Å². The van der Waals surface area contributed by atoms with Gasteiger partial charge in [0.25, 0.3) is 0 Å². The summed E-state index contributed by atoms with van der Waals surface area (Å²) in [5.74, 6) is -4.35. The number of carboxylic acids is 2. The monoisotopic (exact) mass is 535 g/mol. The lowest BCUT2D eigenvalue weighted by Gasteiger charge is -2.51. The first-order chi connectivity index (χ1) is 16.5. The molecule has 10 nitrogen and oxygen atoms in total. The van der Waals surface area contributed by atoms with Gasteiger partial charge in [0.05, 0.1) is 19.4 Å². The summed E-state index contributed by atoms with van der Waals surface area (Å²) >= 11 is 0. The zero-order valence-corrected chi connectivity index (χ0v) is 19.2. The average molecular weight is 535 g/mol. The number of piperazine rings is 1. The number of hydrogen-bond acceptors (Lipinski definition) is 7. The Kier molecular flexibility index (Phi) is 11.2. The summed E-state index contributed by atoms with van der Waals surface area (Å²) in [5.41, 5.74) is -0.382. The molecule has 1 amide bonds. The number of aliphatic carboxylic acids is 2. The number of β-amino-alcohol motifs (C(OH)–C–C–N with tert-alkyl or cyclic N) is 1. The molecule has 16 heteroatoms. The molecular weight excluding hydrogens is 508 g/mol. The second-order valence-electron chi connectivity index (χ2n) is 7.93. The van der Waals surface area contributed by atoms with Crippen LogP contribution in [-0.4, -0.2) is 112 Å². The molecule has 0 bridgehead atoms. The minimum atomic E-state index is -5.08. The van der Waals surface area contributed by atoms with Gasteiger partial charge in [-0.25, -0.2) is 9.59 Å². The molecule has 3 N–H and O–H groups in total. The van der Waals surface area contributed by atoms with Crippen molar-refractivity contribution in [3.8, 4) is 0 Å². The predicted molar refractivity (Wildman–Crippen MR) is 110 cm³/mol. The van der Waals surface area contributed by atoms with Gasteiger partial charge in [0.15, 0.2) is 0 Å². The molecule has 206 valence electrons. The van der Waals surface area contributed by atoms with E-state index in [1.54, 1.807) is 6.26 Å². The lowest BCUT2D eigenvalue weighted by molar-refractivity contribution is -0.193. The van der Waals surface area contributed by atoms with E-state index in [2.05, 4.69) is 16.8 Å². The molecule has 36 heavy (non-hydrogen) atoms. The molecule has 2 fully saturated rings. The SMILES string of the molecule is CN1CCN(CCO)C(=O)C12CCN(Cc1ccco1)CC2.O=C(O)C(F)(F)F.O=C(O)C(F)(F)F. The van der Waals surface area contributed by atoms with E-state index in [1.165, 1.54) is 0 Å². The van der Waals surface area contributed by atoms with Crippen LogP contribution in [0.3, 0.4) is 0 Å². The highest BCUT2D eigenvalue weighted by atomic mass is 19.4. The summed E-state index contributed by atoms with van der Waals surface area (Å²) in [6.07, 6.45) is -6.79. The summed E-state index contributed by atoms with van der Waals surface area (Å²) in [5, 5.41) is 23.4. The smallest absolute Gasteiger partial charge is 0.475 e. The highest BCUT2D eigenvalue weighted by Gasteiger charge is 2.49. The van der Waals surface area contributed by atoms with Gasteiger partial charge in [-0.15, -0.1) is 0 Å². The van der Waals surface area contributed by atoms with Gasteiger partial charge < -0.3 is 24.6 Å². The number of piperidine rings is 1. The fraction of sp³-hybridized carbons (Fsp3) is 0.650. The van der Waals surface area contributed by atoms with Gasteiger partial charge in [-0.1, -0.05) is 0 Å².